The first kappa shape index (κ1) is 14.1. The van der Waals surface area contributed by atoms with Crippen LogP contribution < -0.4 is 10.4 Å². The molecule has 0 aliphatic rings. The summed E-state index contributed by atoms with van der Waals surface area (Å²) in [4.78, 5) is 11.8. The van der Waals surface area contributed by atoms with Gasteiger partial charge in [0.05, 0.1) is 13.7 Å². The molecular weight excluding hydrogens is 278 g/mol. The Labute approximate surface area is 128 Å². The van der Waals surface area contributed by atoms with E-state index in [2.05, 4.69) is 40.5 Å². The largest absolute Gasteiger partial charge is 0.467 e. The summed E-state index contributed by atoms with van der Waals surface area (Å²) >= 11 is 0. The molecule has 0 aliphatic carbocycles. The molecule has 3 aromatic rings. The quantitative estimate of drug-likeness (QED) is 0.805. The third-order valence-electron chi connectivity index (χ3n) is 3.69. The van der Waals surface area contributed by atoms with Crippen molar-refractivity contribution in [1.29, 1.82) is 0 Å². The lowest BCUT2D eigenvalue weighted by molar-refractivity contribution is 0.358. The van der Waals surface area contributed by atoms with Crippen LogP contribution in [-0.4, -0.2) is 21.9 Å². The minimum Gasteiger partial charge on any atom is -0.467 e. The molecule has 0 radical (unpaired) electrons. The van der Waals surface area contributed by atoms with Gasteiger partial charge in [-0.15, -0.1) is 5.10 Å². The summed E-state index contributed by atoms with van der Waals surface area (Å²) < 4.78 is 6.60. The number of hydrogen-bond acceptors (Lipinski definition) is 3. The summed E-state index contributed by atoms with van der Waals surface area (Å²) in [5.41, 5.74) is 4.17. The number of benzene rings is 2. The molecule has 1 aromatic heterocycles. The van der Waals surface area contributed by atoms with Crippen molar-refractivity contribution in [2.45, 2.75) is 13.5 Å². The molecule has 0 saturated carbocycles. The predicted octanol–water partition coefficient (Wildman–Crippen LogP) is 2.60. The Morgan fingerprint density at radius 2 is 1.91 bits per heavy atom. The Morgan fingerprint density at radius 1 is 1.14 bits per heavy atom. The average molecular weight is 295 g/mol. The number of rotatable bonds is 4. The Kier molecular flexibility index (Phi) is 3.78. The molecule has 112 valence electrons. The van der Waals surface area contributed by atoms with E-state index in [1.807, 2.05) is 25.1 Å². The number of methoxy groups -OCH3 is 1. The van der Waals surface area contributed by atoms with Crippen LogP contribution in [0, 0.1) is 6.92 Å². The average Bonchev–Trinajstić information content (AvgIpc) is 2.90. The van der Waals surface area contributed by atoms with Gasteiger partial charge in [-0.1, -0.05) is 42.5 Å². The normalized spacial score (nSPS) is 10.6. The number of aromatic nitrogens is 3. The molecule has 1 heterocycles. The molecule has 5 heteroatoms. The van der Waals surface area contributed by atoms with Crippen molar-refractivity contribution in [3.8, 4) is 17.1 Å². The molecule has 0 spiro atoms. The van der Waals surface area contributed by atoms with Crippen LogP contribution in [0.4, 0.5) is 0 Å². The lowest BCUT2D eigenvalue weighted by Gasteiger charge is -2.10. The lowest BCUT2D eigenvalue weighted by atomic mass is 10.00. The van der Waals surface area contributed by atoms with Crippen LogP contribution >= 0.6 is 0 Å². The van der Waals surface area contributed by atoms with Crippen molar-refractivity contribution in [1.82, 2.24) is 14.8 Å². The minimum atomic E-state index is -0.277. The molecule has 5 nitrogen and oxygen atoms in total. The first-order chi connectivity index (χ1) is 10.7. The SMILES string of the molecule is COc1n[nH]c(=O)n1Cc1cc(-c2ccccc2)ccc1C. The molecule has 0 bridgehead atoms. The monoisotopic (exact) mass is 295 g/mol. The topological polar surface area (TPSA) is 59.9 Å². The third kappa shape index (κ3) is 2.65. The first-order valence-corrected chi connectivity index (χ1v) is 7.03. The van der Waals surface area contributed by atoms with Gasteiger partial charge in [0.25, 0.3) is 0 Å². The molecule has 0 amide bonds. The van der Waals surface area contributed by atoms with E-state index >= 15 is 0 Å². The summed E-state index contributed by atoms with van der Waals surface area (Å²) in [6.45, 7) is 2.45. The van der Waals surface area contributed by atoms with Gasteiger partial charge in [0.15, 0.2) is 0 Å². The van der Waals surface area contributed by atoms with Gasteiger partial charge in [0, 0.05) is 0 Å². The zero-order chi connectivity index (χ0) is 15.5. The van der Waals surface area contributed by atoms with E-state index in [1.165, 1.54) is 11.7 Å². The zero-order valence-corrected chi connectivity index (χ0v) is 12.5. The van der Waals surface area contributed by atoms with Gasteiger partial charge < -0.3 is 4.74 Å². The lowest BCUT2D eigenvalue weighted by Crippen LogP contribution is -2.18. The van der Waals surface area contributed by atoms with Crippen LogP contribution in [0.3, 0.4) is 0 Å². The van der Waals surface area contributed by atoms with Crippen LogP contribution in [0.5, 0.6) is 6.01 Å². The number of aromatic amines is 1. The van der Waals surface area contributed by atoms with Crippen molar-refractivity contribution >= 4 is 0 Å². The number of hydrogen-bond donors (Lipinski definition) is 1. The second kappa shape index (κ2) is 5.89. The Hall–Kier alpha value is -2.82. The molecule has 0 fully saturated rings. The Morgan fingerprint density at radius 3 is 2.64 bits per heavy atom. The highest BCUT2D eigenvalue weighted by Gasteiger charge is 2.11. The van der Waals surface area contributed by atoms with E-state index in [4.69, 9.17) is 4.74 Å². The van der Waals surface area contributed by atoms with E-state index in [9.17, 15) is 4.79 Å². The molecular formula is C17H17N3O2. The van der Waals surface area contributed by atoms with Crippen molar-refractivity contribution in [3.63, 3.8) is 0 Å². The van der Waals surface area contributed by atoms with Crippen LogP contribution in [-0.2, 0) is 6.54 Å². The number of nitrogens with zero attached hydrogens (tertiary/aromatic N) is 2. The molecule has 3 rings (SSSR count). The smallest absolute Gasteiger partial charge is 0.346 e. The standard InChI is InChI=1S/C17H17N3O2/c1-12-8-9-14(13-6-4-3-5-7-13)10-15(12)11-20-16(21)18-19-17(20)22-2/h3-10H,11H2,1-2H3,(H,18,21). The maximum Gasteiger partial charge on any atom is 0.346 e. The minimum absolute atomic E-state index is 0.277. The third-order valence-corrected chi connectivity index (χ3v) is 3.69. The molecule has 1 N–H and O–H groups in total. The summed E-state index contributed by atoms with van der Waals surface area (Å²) in [5.74, 6) is 0. The van der Waals surface area contributed by atoms with Crippen LogP contribution in [0.15, 0.2) is 53.3 Å². The van der Waals surface area contributed by atoms with Gasteiger partial charge in [0.2, 0.25) is 0 Å². The van der Waals surface area contributed by atoms with Crippen LogP contribution in [0.25, 0.3) is 11.1 Å². The molecule has 0 saturated heterocycles. The summed E-state index contributed by atoms with van der Waals surface area (Å²) in [6, 6.07) is 16.7. The second-order valence-corrected chi connectivity index (χ2v) is 5.11. The molecule has 2 aromatic carbocycles. The van der Waals surface area contributed by atoms with E-state index in [0.717, 1.165) is 22.3 Å². The molecule has 0 unspecified atom stereocenters. The fourth-order valence-electron chi connectivity index (χ4n) is 2.42. The van der Waals surface area contributed by atoms with Crippen molar-refractivity contribution in [2.75, 3.05) is 7.11 Å². The van der Waals surface area contributed by atoms with E-state index in [0.29, 0.717) is 6.54 Å². The van der Waals surface area contributed by atoms with Gasteiger partial charge in [0.1, 0.15) is 0 Å². The van der Waals surface area contributed by atoms with Gasteiger partial charge >= 0.3 is 11.7 Å². The molecule has 22 heavy (non-hydrogen) atoms. The first-order valence-electron chi connectivity index (χ1n) is 7.03. The Balaban J connectivity index is 2.00. The maximum absolute atomic E-state index is 11.8. The predicted molar refractivity (Wildman–Crippen MR) is 85.1 cm³/mol. The highest BCUT2D eigenvalue weighted by molar-refractivity contribution is 5.64. The van der Waals surface area contributed by atoms with Gasteiger partial charge in [-0.2, -0.15) is 0 Å². The van der Waals surface area contributed by atoms with Crippen LogP contribution in [0.2, 0.25) is 0 Å². The fraction of sp³-hybridized carbons (Fsp3) is 0.176. The van der Waals surface area contributed by atoms with E-state index in [1.54, 1.807) is 0 Å². The van der Waals surface area contributed by atoms with Crippen molar-refractivity contribution < 1.29 is 4.74 Å². The number of ether oxygens (including phenoxy) is 1. The van der Waals surface area contributed by atoms with Gasteiger partial charge in [-0.3, -0.25) is 0 Å². The summed E-state index contributed by atoms with van der Waals surface area (Å²) in [6.07, 6.45) is 0. The highest BCUT2D eigenvalue weighted by Crippen LogP contribution is 2.23. The molecule has 0 atom stereocenters. The Bertz CT molecular complexity index is 835. The summed E-state index contributed by atoms with van der Waals surface area (Å²) in [5, 5.41) is 6.25. The number of aryl methyl sites for hydroxylation is 1. The van der Waals surface area contributed by atoms with Crippen molar-refractivity contribution in [3.05, 3.63) is 70.1 Å². The zero-order valence-electron chi connectivity index (χ0n) is 12.5. The van der Waals surface area contributed by atoms with Gasteiger partial charge in [-0.05, 0) is 35.2 Å². The number of H-pyrrole nitrogens is 1. The van der Waals surface area contributed by atoms with E-state index < -0.39 is 0 Å². The summed E-state index contributed by atoms with van der Waals surface area (Å²) in [7, 11) is 1.50. The maximum atomic E-state index is 11.8. The van der Waals surface area contributed by atoms with Gasteiger partial charge in [-0.25, -0.2) is 14.5 Å². The molecule has 0 aliphatic heterocycles. The van der Waals surface area contributed by atoms with E-state index in [-0.39, 0.29) is 11.7 Å². The second-order valence-electron chi connectivity index (χ2n) is 5.11. The fourth-order valence-corrected chi connectivity index (χ4v) is 2.42. The number of nitrogens with one attached hydrogen (secondary N) is 1. The van der Waals surface area contributed by atoms with Crippen molar-refractivity contribution in [2.24, 2.45) is 0 Å². The van der Waals surface area contributed by atoms with Crippen LogP contribution in [0.1, 0.15) is 11.1 Å². The highest BCUT2D eigenvalue weighted by atomic mass is 16.5.